The first kappa shape index (κ1) is 18.7. The average Bonchev–Trinajstić information content (AvgIpc) is 2.59. The zero-order valence-corrected chi connectivity index (χ0v) is 14.9. The fourth-order valence-electron chi connectivity index (χ4n) is 2.08. The number of halogens is 1. The molecule has 2 aromatic carbocycles. The van der Waals surface area contributed by atoms with E-state index in [0.29, 0.717) is 11.6 Å². The first-order chi connectivity index (χ1) is 11.9. The molecule has 1 unspecified atom stereocenters. The zero-order chi connectivity index (χ0) is 18.2. The molecular weight excluding hydrogens is 338 g/mol. The molecule has 0 bridgehead atoms. The number of nitrogens with one attached hydrogen (secondary N) is 1. The standard InChI is InChI=1S/C20H20ClNO3/c1-14-6-8-17(9-7-14)13-22-20(24)15(2)25-19(23)11-10-16-4-3-5-18(21)12-16/h3-12,15H,13H2,1-2H3,(H,22,24)/b11-10+. The van der Waals surface area contributed by atoms with Gasteiger partial charge in [-0.2, -0.15) is 0 Å². The van der Waals surface area contributed by atoms with Crippen LogP contribution in [0.2, 0.25) is 5.02 Å². The lowest BCUT2D eigenvalue weighted by molar-refractivity contribution is -0.150. The highest BCUT2D eigenvalue weighted by atomic mass is 35.5. The van der Waals surface area contributed by atoms with E-state index in [-0.39, 0.29) is 5.91 Å². The van der Waals surface area contributed by atoms with E-state index in [2.05, 4.69) is 5.32 Å². The summed E-state index contributed by atoms with van der Waals surface area (Å²) in [6.07, 6.45) is 1.99. The summed E-state index contributed by atoms with van der Waals surface area (Å²) in [6, 6.07) is 14.9. The maximum atomic E-state index is 12.0. The molecule has 1 amide bonds. The summed E-state index contributed by atoms with van der Waals surface area (Å²) in [6.45, 7) is 3.93. The topological polar surface area (TPSA) is 55.4 Å². The lowest BCUT2D eigenvalue weighted by Crippen LogP contribution is -2.35. The molecule has 1 N–H and O–H groups in total. The van der Waals surface area contributed by atoms with Crippen LogP contribution in [-0.4, -0.2) is 18.0 Å². The number of benzene rings is 2. The monoisotopic (exact) mass is 357 g/mol. The van der Waals surface area contributed by atoms with E-state index in [9.17, 15) is 9.59 Å². The van der Waals surface area contributed by atoms with Gasteiger partial charge in [-0.05, 0) is 43.2 Å². The Labute approximate surface area is 152 Å². The smallest absolute Gasteiger partial charge is 0.331 e. The van der Waals surface area contributed by atoms with Gasteiger partial charge in [0.05, 0.1) is 0 Å². The fourth-order valence-corrected chi connectivity index (χ4v) is 2.28. The van der Waals surface area contributed by atoms with Gasteiger partial charge in [-0.15, -0.1) is 0 Å². The van der Waals surface area contributed by atoms with Gasteiger partial charge in [0.15, 0.2) is 6.10 Å². The Morgan fingerprint density at radius 1 is 1.20 bits per heavy atom. The molecule has 0 saturated carbocycles. The molecule has 0 fully saturated rings. The molecule has 130 valence electrons. The highest BCUT2D eigenvalue weighted by Crippen LogP contribution is 2.12. The van der Waals surface area contributed by atoms with Crippen molar-refractivity contribution in [3.05, 3.63) is 76.3 Å². The molecule has 0 aliphatic rings. The SMILES string of the molecule is Cc1ccc(CNC(=O)C(C)OC(=O)/C=C/c2cccc(Cl)c2)cc1. The zero-order valence-electron chi connectivity index (χ0n) is 14.2. The number of hydrogen-bond donors (Lipinski definition) is 1. The molecule has 0 radical (unpaired) electrons. The van der Waals surface area contributed by atoms with Crippen LogP contribution in [0, 0.1) is 6.92 Å². The van der Waals surface area contributed by atoms with E-state index in [4.69, 9.17) is 16.3 Å². The van der Waals surface area contributed by atoms with Crippen molar-refractivity contribution in [1.82, 2.24) is 5.32 Å². The molecule has 0 aliphatic heterocycles. The summed E-state index contributed by atoms with van der Waals surface area (Å²) in [5, 5.41) is 3.33. The lowest BCUT2D eigenvalue weighted by atomic mass is 10.1. The molecule has 0 aliphatic carbocycles. The van der Waals surface area contributed by atoms with Crippen LogP contribution in [0.3, 0.4) is 0 Å². The molecular formula is C20H20ClNO3. The minimum absolute atomic E-state index is 0.343. The number of carbonyl (C=O) groups is 2. The van der Waals surface area contributed by atoms with Crippen LogP contribution in [0.15, 0.2) is 54.6 Å². The van der Waals surface area contributed by atoms with Crippen LogP contribution in [0.4, 0.5) is 0 Å². The third-order valence-corrected chi connectivity index (χ3v) is 3.75. The van der Waals surface area contributed by atoms with Crippen molar-refractivity contribution in [1.29, 1.82) is 0 Å². The Kier molecular flexibility index (Phi) is 6.78. The van der Waals surface area contributed by atoms with Crippen molar-refractivity contribution in [2.45, 2.75) is 26.5 Å². The summed E-state index contributed by atoms with van der Waals surface area (Å²) >= 11 is 5.88. The van der Waals surface area contributed by atoms with E-state index < -0.39 is 12.1 Å². The summed E-state index contributed by atoms with van der Waals surface area (Å²) in [4.78, 5) is 23.8. The predicted molar refractivity (Wildman–Crippen MR) is 99.1 cm³/mol. The van der Waals surface area contributed by atoms with Gasteiger partial charge in [-0.3, -0.25) is 4.79 Å². The number of carbonyl (C=O) groups excluding carboxylic acids is 2. The second kappa shape index (κ2) is 9.04. The van der Waals surface area contributed by atoms with E-state index in [1.165, 1.54) is 13.0 Å². The number of ether oxygens (including phenoxy) is 1. The first-order valence-corrected chi connectivity index (χ1v) is 8.29. The highest BCUT2D eigenvalue weighted by molar-refractivity contribution is 6.30. The van der Waals surface area contributed by atoms with Crippen LogP contribution in [-0.2, 0) is 20.9 Å². The minimum atomic E-state index is -0.873. The van der Waals surface area contributed by atoms with Crippen molar-refractivity contribution >= 4 is 29.6 Å². The Morgan fingerprint density at radius 3 is 2.60 bits per heavy atom. The van der Waals surface area contributed by atoms with Gasteiger partial charge in [0, 0.05) is 17.6 Å². The van der Waals surface area contributed by atoms with Crippen molar-refractivity contribution in [3.63, 3.8) is 0 Å². The molecule has 0 heterocycles. The quantitative estimate of drug-likeness (QED) is 0.630. The van der Waals surface area contributed by atoms with Crippen LogP contribution in [0.5, 0.6) is 0 Å². The van der Waals surface area contributed by atoms with E-state index in [1.54, 1.807) is 24.3 Å². The molecule has 2 aromatic rings. The highest BCUT2D eigenvalue weighted by Gasteiger charge is 2.16. The fraction of sp³-hybridized carbons (Fsp3) is 0.200. The second-order valence-corrected chi connectivity index (χ2v) is 6.11. The van der Waals surface area contributed by atoms with Crippen molar-refractivity contribution in [3.8, 4) is 0 Å². The number of hydrogen-bond acceptors (Lipinski definition) is 3. The van der Waals surface area contributed by atoms with Gasteiger partial charge >= 0.3 is 5.97 Å². The van der Waals surface area contributed by atoms with Gasteiger partial charge in [0.1, 0.15) is 0 Å². The van der Waals surface area contributed by atoms with E-state index in [1.807, 2.05) is 37.3 Å². The number of esters is 1. The van der Waals surface area contributed by atoms with Gasteiger partial charge in [0.25, 0.3) is 5.91 Å². The number of rotatable bonds is 6. The minimum Gasteiger partial charge on any atom is -0.449 e. The van der Waals surface area contributed by atoms with Crippen molar-refractivity contribution in [2.75, 3.05) is 0 Å². The maximum Gasteiger partial charge on any atom is 0.331 e. The van der Waals surface area contributed by atoms with Crippen molar-refractivity contribution < 1.29 is 14.3 Å². The number of amides is 1. The van der Waals surface area contributed by atoms with Crippen LogP contribution >= 0.6 is 11.6 Å². The largest absolute Gasteiger partial charge is 0.449 e. The third-order valence-electron chi connectivity index (χ3n) is 3.51. The van der Waals surface area contributed by atoms with E-state index >= 15 is 0 Å². The molecule has 5 heteroatoms. The Morgan fingerprint density at radius 2 is 1.92 bits per heavy atom. The van der Waals surface area contributed by atoms with Gasteiger partial charge in [0.2, 0.25) is 0 Å². The molecule has 1 atom stereocenters. The Balaban J connectivity index is 1.81. The summed E-state index contributed by atoms with van der Waals surface area (Å²) in [5.74, 6) is -0.928. The summed E-state index contributed by atoms with van der Waals surface area (Å²) in [5.41, 5.74) is 2.92. The molecule has 2 rings (SSSR count). The average molecular weight is 358 g/mol. The van der Waals surface area contributed by atoms with E-state index in [0.717, 1.165) is 16.7 Å². The predicted octanol–water partition coefficient (Wildman–Crippen LogP) is 3.91. The molecule has 0 spiro atoms. The molecule has 25 heavy (non-hydrogen) atoms. The molecule has 0 saturated heterocycles. The van der Waals surface area contributed by atoms with Gasteiger partial charge < -0.3 is 10.1 Å². The van der Waals surface area contributed by atoms with Crippen LogP contribution < -0.4 is 5.32 Å². The van der Waals surface area contributed by atoms with Crippen molar-refractivity contribution in [2.24, 2.45) is 0 Å². The maximum absolute atomic E-state index is 12.0. The normalized spacial score (nSPS) is 12.0. The molecule has 4 nitrogen and oxygen atoms in total. The second-order valence-electron chi connectivity index (χ2n) is 5.67. The molecule has 0 aromatic heterocycles. The summed E-state index contributed by atoms with van der Waals surface area (Å²) < 4.78 is 5.10. The lowest BCUT2D eigenvalue weighted by Gasteiger charge is -2.12. The summed E-state index contributed by atoms with van der Waals surface area (Å²) in [7, 11) is 0. The Bertz CT molecular complexity index is 769. The van der Waals surface area contributed by atoms with Crippen LogP contribution in [0.1, 0.15) is 23.6 Å². The Hall–Kier alpha value is -2.59. The van der Waals surface area contributed by atoms with Gasteiger partial charge in [-0.25, -0.2) is 4.79 Å². The number of aryl methyl sites for hydroxylation is 1. The third kappa shape index (κ3) is 6.43. The first-order valence-electron chi connectivity index (χ1n) is 7.91. The van der Waals surface area contributed by atoms with Crippen LogP contribution in [0.25, 0.3) is 6.08 Å². The van der Waals surface area contributed by atoms with Gasteiger partial charge in [-0.1, -0.05) is 53.6 Å².